The second-order valence-corrected chi connectivity index (χ2v) is 12.4. The standard InChI is InChI=1S/C20H33N3O18P2/c1-9-13(25)14(26)10(7-21-20(30)36-6-5-35-2)39-18(9)40-43(33,34)41-42(31,32)37-8-11-15(27)16(28)17(38-11)23-4-3-12(24)22-19(23)29/h3-4,9-11,13-18,25-28H,5-8H2,1-2H3,(H,21,30)(H,31,32)(H,33,34)(H,22,24,29)/t9?,10?,11-,13-,14+,15+,16?,17-,18+/m1/s1. The van der Waals surface area contributed by atoms with Gasteiger partial charge in [-0.3, -0.25) is 23.4 Å². The topological polar surface area (TPSA) is 304 Å². The van der Waals surface area contributed by atoms with Gasteiger partial charge in [0.25, 0.3) is 5.56 Å². The van der Waals surface area contributed by atoms with Crippen molar-refractivity contribution in [3.05, 3.63) is 33.1 Å². The molecule has 21 nitrogen and oxygen atoms in total. The van der Waals surface area contributed by atoms with E-state index >= 15 is 0 Å². The first-order chi connectivity index (χ1) is 20.0. The van der Waals surface area contributed by atoms with Gasteiger partial charge in [0.2, 0.25) is 0 Å². The highest BCUT2D eigenvalue weighted by molar-refractivity contribution is 7.61. The van der Waals surface area contributed by atoms with Crippen LogP contribution < -0.4 is 16.6 Å². The van der Waals surface area contributed by atoms with Crippen LogP contribution in [0.15, 0.2) is 21.9 Å². The monoisotopic (exact) mass is 665 g/mol. The maximum absolute atomic E-state index is 12.6. The molecule has 0 spiro atoms. The molecule has 0 aliphatic carbocycles. The number of ether oxygens (including phenoxy) is 4. The summed E-state index contributed by atoms with van der Waals surface area (Å²) in [4.78, 5) is 57.0. The van der Waals surface area contributed by atoms with E-state index in [0.717, 1.165) is 16.8 Å². The van der Waals surface area contributed by atoms with E-state index in [2.05, 4.69) is 14.2 Å². The second-order valence-electron chi connectivity index (χ2n) is 9.38. The van der Waals surface area contributed by atoms with Gasteiger partial charge in [0.05, 0.1) is 19.3 Å². The Morgan fingerprint density at radius 1 is 1.02 bits per heavy atom. The quantitative estimate of drug-likeness (QED) is 0.0762. The first kappa shape index (κ1) is 35.4. The summed E-state index contributed by atoms with van der Waals surface area (Å²) in [5, 5.41) is 43.3. The van der Waals surface area contributed by atoms with Gasteiger partial charge < -0.3 is 54.5 Å². The Morgan fingerprint density at radius 2 is 1.70 bits per heavy atom. The highest BCUT2D eigenvalue weighted by atomic mass is 31.3. The Kier molecular flexibility index (Phi) is 12.2. The van der Waals surface area contributed by atoms with E-state index in [0.29, 0.717) is 0 Å². The lowest BCUT2D eigenvalue weighted by molar-refractivity contribution is -0.251. The maximum atomic E-state index is 12.6. The van der Waals surface area contributed by atoms with Crippen LogP contribution in [0.2, 0.25) is 0 Å². The molecule has 2 aliphatic rings. The zero-order valence-electron chi connectivity index (χ0n) is 22.6. The minimum absolute atomic E-state index is 0.0851. The number of alkyl carbamates (subject to hydrolysis) is 1. The van der Waals surface area contributed by atoms with Gasteiger partial charge in [0.1, 0.15) is 37.1 Å². The van der Waals surface area contributed by atoms with Crippen LogP contribution in [0.3, 0.4) is 0 Å². The number of aromatic amines is 1. The molecule has 0 aromatic carbocycles. The Hall–Kier alpha value is -2.07. The van der Waals surface area contributed by atoms with Crippen molar-refractivity contribution in [3.8, 4) is 0 Å². The molecule has 3 rings (SSSR count). The number of nitrogens with zero attached hydrogens (tertiary/aromatic N) is 1. The smallest absolute Gasteiger partial charge is 0.447 e. The lowest BCUT2D eigenvalue weighted by Gasteiger charge is -2.41. The van der Waals surface area contributed by atoms with Gasteiger partial charge in [-0.25, -0.2) is 18.7 Å². The van der Waals surface area contributed by atoms with Gasteiger partial charge in [0.15, 0.2) is 12.5 Å². The number of aliphatic hydroxyl groups excluding tert-OH is 4. The largest absolute Gasteiger partial charge is 0.483 e. The lowest BCUT2D eigenvalue weighted by atomic mass is 9.92. The van der Waals surface area contributed by atoms with Gasteiger partial charge in [-0.2, -0.15) is 4.31 Å². The summed E-state index contributed by atoms with van der Waals surface area (Å²) in [5.41, 5.74) is -1.73. The summed E-state index contributed by atoms with van der Waals surface area (Å²) in [7, 11) is -9.60. The van der Waals surface area contributed by atoms with Crippen LogP contribution in [0.5, 0.6) is 0 Å². The summed E-state index contributed by atoms with van der Waals surface area (Å²) in [5.74, 6) is -1.19. The van der Waals surface area contributed by atoms with Crippen molar-refractivity contribution >= 4 is 21.7 Å². The minimum atomic E-state index is -5.52. The molecule has 246 valence electrons. The molecule has 0 radical (unpaired) electrons. The summed E-state index contributed by atoms with van der Waals surface area (Å²) < 4.78 is 59.5. The van der Waals surface area contributed by atoms with E-state index in [1.807, 2.05) is 4.98 Å². The van der Waals surface area contributed by atoms with Gasteiger partial charge in [0, 0.05) is 31.8 Å². The number of hydrogen-bond acceptors (Lipinski definition) is 16. The van der Waals surface area contributed by atoms with Gasteiger partial charge >= 0.3 is 27.4 Å². The number of rotatable bonds is 13. The minimum Gasteiger partial charge on any atom is -0.447 e. The number of phosphoric ester groups is 2. The fourth-order valence-electron chi connectivity index (χ4n) is 4.01. The predicted molar refractivity (Wildman–Crippen MR) is 136 cm³/mol. The molecule has 1 aromatic heterocycles. The van der Waals surface area contributed by atoms with E-state index in [1.165, 1.54) is 14.0 Å². The van der Waals surface area contributed by atoms with Crippen LogP contribution in [0.1, 0.15) is 13.2 Å². The third-order valence-electron chi connectivity index (χ3n) is 6.28. The first-order valence-corrected chi connectivity index (χ1v) is 15.5. The highest BCUT2D eigenvalue weighted by Gasteiger charge is 2.49. The van der Waals surface area contributed by atoms with Gasteiger partial charge in [-0.1, -0.05) is 6.92 Å². The highest BCUT2D eigenvalue weighted by Crippen LogP contribution is 2.61. The van der Waals surface area contributed by atoms with Crippen molar-refractivity contribution in [2.45, 2.75) is 56.1 Å². The Balaban J connectivity index is 1.57. The van der Waals surface area contributed by atoms with Crippen molar-refractivity contribution in [1.82, 2.24) is 14.9 Å². The van der Waals surface area contributed by atoms with Crippen LogP contribution in [0, 0.1) is 5.92 Å². The number of aromatic nitrogens is 2. The van der Waals surface area contributed by atoms with Crippen LogP contribution in [0.4, 0.5) is 4.79 Å². The number of carbonyl (C=O) groups is 1. The Morgan fingerprint density at radius 3 is 2.35 bits per heavy atom. The summed E-state index contributed by atoms with van der Waals surface area (Å²) in [6.45, 7) is -0.170. The van der Waals surface area contributed by atoms with Crippen molar-refractivity contribution in [2.24, 2.45) is 5.92 Å². The maximum Gasteiger partial charge on any atom is 0.483 e. The number of carbonyl (C=O) groups excluding carboxylic acids is 1. The fraction of sp³-hybridized carbons (Fsp3) is 0.750. The molecule has 2 fully saturated rings. The van der Waals surface area contributed by atoms with E-state index in [1.54, 1.807) is 0 Å². The normalized spacial score (nSPS) is 33.8. The molecule has 23 heteroatoms. The van der Waals surface area contributed by atoms with E-state index in [9.17, 15) is 53.7 Å². The number of nitrogens with one attached hydrogen (secondary N) is 2. The molecule has 2 aliphatic heterocycles. The molecule has 5 unspecified atom stereocenters. The van der Waals surface area contributed by atoms with Crippen LogP contribution in [-0.2, 0) is 41.4 Å². The van der Waals surface area contributed by atoms with Crippen molar-refractivity contribution < 1.29 is 76.4 Å². The molecule has 43 heavy (non-hydrogen) atoms. The Bertz CT molecular complexity index is 1310. The summed E-state index contributed by atoms with van der Waals surface area (Å²) >= 11 is 0. The third-order valence-corrected chi connectivity index (χ3v) is 8.88. The molecule has 0 bridgehead atoms. The fourth-order valence-corrected chi connectivity index (χ4v) is 6.23. The molecule has 1 aromatic rings. The molecule has 1 amide bonds. The zero-order valence-corrected chi connectivity index (χ0v) is 24.4. The van der Waals surface area contributed by atoms with Crippen molar-refractivity contribution in [3.63, 3.8) is 0 Å². The number of methoxy groups -OCH3 is 1. The number of aliphatic hydroxyl groups is 4. The first-order valence-electron chi connectivity index (χ1n) is 12.5. The molecular weight excluding hydrogens is 632 g/mol. The molecular formula is C20H33N3O18P2. The third kappa shape index (κ3) is 9.46. The summed E-state index contributed by atoms with van der Waals surface area (Å²) in [6.07, 6.45) is -13.0. The van der Waals surface area contributed by atoms with Crippen LogP contribution in [-0.4, -0.2) is 122 Å². The lowest BCUT2D eigenvalue weighted by Crippen LogP contribution is -2.57. The number of hydrogen-bond donors (Lipinski definition) is 8. The average molecular weight is 665 g/mol. The van der Waals surface area contributed by atoms with Crippen molar-refractivity contribution in [2.75, 3.05) is 33.5 Å². The van der Waals surface area contributed by atoms with E-state index in [-0.39, 0.29) is 13.2 Å². The molecule has 11 atom stereocenters. The SMILES string of the molecule is COCCOC(=O)NCC1O[C@@H](OP(=O)(O)OP(=O)(O)OC[C@H]2O[C@@H](n3ccc(=O)[nH]c3=O)C(O)[C@H]2O)C(C)[C@@H](O)[C@H]1O. The molecule has 2 saturated heterocycles. The van der Waals surface area contributed by atoms with Crippen molar-refractivity contribution in [1.29, 1.82) is 0 Å². The number of amides is 1. The molecule has 3 heterocycles. The van der Waals surface area contributed by atoms with Gasteiger partial charge in [-0.05, 0) is 0 Å². The van der Waals surface area contributed by atoms with E-state index in [4.69, 9.17) is 23.5 Å². The second kappa shape index (κ2) is 14.8. The zero-order chi connectivity index (χ0) is 32.1. The number of H-pyrrole nitrogens is 1. The predicted octanol–water partition coefficient (Wildman–Crippen LogP) is -3.14. The Labute approximate surface area is 242 Å². The average Bonchev–Trinajstić information content (AvgIpc) is 3.19. The van der Waals surface area contributed by atoms with Crippen LogP contribution >= 0.6 is 15.6 Å². The van der Waals surface area contributed by atoms with E-state index < -0.39 is 101 Å². The molecule has 0 saturated carbocycles. The number of phosphoric acid groups is 2. The molecule has 8 N–H and O–H groups in total. The van der Waals surface area contributed by atoms with Crippen LogP contribution in [0.25, 0.3) is 0 Å². The van der Waals surface area contributed by atoms with Gasteiger partial charge in [-0.15, -0.1) is 0 Å². The summed E-state index contributed by atoms with van der Waals surface area (Å²) in [6, 6.07) is 0.940.